The summed E-state index contributed by atoms with van der Waals surface area (Å²) >= 11 is 0. The van der Waals surface area contributed by atoms with Crippen LogP contribution in [-0.2, 0) is 6.42 Å². The molecule has 0 aliphatic rings. The molecule has 0 fully saturated rings. The lowest BCUT2D eigenvalue weighted by Gasteiger charge is -2.35. The minimum absolute atomic E-state index is 0.349. The Hall–Kier alpha value is -1.12. The molecule has 0 spiro atoms. The monoisotopic (exact) mass is 305 g/mol. The van der Waals surface area contributed by atoms with Crippen LogP contribution in [0.15, 0.2) is 12.3 Å². The molecule has 1 aromatic rings. The lowest BCUT2D eigenvalue weighted by atomic mass is 9.91. The molecular weight excluding hydrogens is 270 g/mol. The average molecular weight is 306 g/mol. The van der Waals surface area contributed by atoms with E-state index in [2.05, 4.69) is 57.5 Å². The van der Waals surface area contributed by atoms with Gasteiger partial charge in [-0.2, -0.15) is 0 Å². The number of aryl methyl sites for hydroxylation is 1. The first-order valence-electron chi connectivity index (χ1n) is 8.99. The first kappa shape index (κ1) is 18.9. The molecule has 0 radical (unpaired) electrons. The molecule has 0 saturated heterocycles. The van der Waals surface area contributed by atoms with Crippen LogP contribution in [0.4, 0.5) is 5.82 Å². The Balaban J connectivity index is 3.01. The highest BCUT2D eigenvalue weighted by atomic mass is 15.2. The molecule has 0 bridgehead atoms. The van der Waals surface area contributed by atoms with E-state index in [1.807, 2.05) is 6.20 Å². The van der Waals surface area contributed by atoms with Crippen LogP contribution in [0.2, 0.25) is 0 Å². The fourth-order valence-corrected chi connectivity index (χ4v) is 2.78. The van der Waals surface area contributed by atoms with Crippen LogP contribution in [0.3, 0.4) is 0 Å². The summed E-state index contributed by atoms with van der Waals surface area (Å²) in [6.45, 7) is 14.7. The quantitative estimate of drug-likeness (QED) is 0.624. The maximum Gasteiger partial charge on any atom is 0.132 e. The predicted molar refractivity (Wildman–Crippen MR) is 96.4 cm³/mol. The second kappa shape index (κ2) is 9.12. The van der Waals surface area contributed by atoms with Gasteiger partial charge in [-0.3, -0.25) is 0 Å². The van der Waals surface area contributed by atoms with Gasteiger partial charge in [0.1, 0.15) is 11.6 Å². The van der Waals surface area contributed by atoms with Crippen molar-refractivity contribution in [3.63, 3.8) is 0 Å². The van der Waals surface area contributed by atoms with Gasteiger partial charge in [-0.05, 0) is 30.7 Å². The van der Waals surface area contributed by atoms with E-state index in [1.165, 1.54) is 32.1 Å². The maximum atomic E-state index is 4.79. The molecule has 1 aromatic heterocycles. The van der Waals surface area contributed by atoms with Gasteiger partial charge >= 0.3 is 0 Å². The third-order valence-electron chi connectivity index (χ3n) is 4.09. The normalized spacial score (nSPS) is 12.0. The van der Waals surface area contributed by atoms with Gasteiger partial charge in [0.05, 0.1) is 0 Å². The number of hydrogen-bond donors (Lipinski definition) is 0. The van der Waals surface area contributed by atoms with Crippen molar-refractivity contribution in [1.29, 1.82) is 0 Å². The molecule has 0 amide bonds. The van der Waals surface area contributed by atoms with Crippen molar-refractivity contribution in [3.05, 3.63) is 18.1 Å². The number of aromatic nitrogens is 2. The van der Waals surface area contributed by atoms with Gasteiger partial charge in [-0.1, -0.05) is 54.4 Å². The highest BCUT2D eigenvalue weighted by Gasteiger charge is 2.21. The van der Waals surface area contributed by atoms with Crippen LogP contribution in [0.25, 0.3) is 0 Å². The zero-order chi connectivity index (χ0) is 16.6. The maximum absolute atomic E-state index is 4.79. The van der Waals surface area contributed by atoms with E-state index in [0.717, 1.165) is 24.6 Å². The predicted octanol–water partition coefficient (Wildman–Crippen LogP) is 5.25. The van der Waals surface area contributed by atoms with Crippen molar-refractivity contribution in [2.45, 2.75) is 86.1 Å². The molecule has 0 atom stereocenters. The SMILES string of the molecule is CCCC(CCC)N(CCC(C)(C)C)c1ccnc(CC)n1. The smallest absolute Gasteiger partial charge is 0.132 e. The van der Waals surface area contributed by atoms with Gasteiger partial charge in [0, 0.05) is 25.2 Å². The molecule has 0 saturated carbocycles. The van der Waals surface area contributed by atoms with Crippen LogP contribution in [-0.4, -0.2) is 22.6 Å². The highest BCUT2D eigenvalue weighted by molar-refractivity contribution is 5.39. The highest BCUT2D eigenvalue weighted by Crippen LogP contribution is 2.25. The first-order chi connectivity index (χ1) is 10.4. The largest absolute Gasteiger partial charge is 0.354 e. The number of hydrogen-bond acceptors (Lipinski definition) is 3. The zero-order valence-electron chi connectivity index (χ0n) is 15.5. The van der Waals surface area contributed by atoms with Crippen LogP contribution in [0.1, 0.15) is 79.5 Å². The van der Waals surface area contributed by atoms with Crippen LogP contribution in [0.5, 0.6) is 0 Å². The third kappa shape index (κ3) is 6.33. The van der Waals surface area contributed by atoms with E-state index in [1.54, 1.807) is 0 Å². The van der Waals surface area contributed by atoms with Gasteiger partial charge in [-0.15, -0.1) is 0 Å². The molecule has 1 heterocycles. The molecule has 0 aliphatic heterocycles. The molecule has 0 N–H and O–H groups in total. The summed E-state index contributed by atoms with van der Waals surface area (Å²) in [6.07, 6.45) is 8.92. The third-order valence-corrected chi connectivity index (χ3v) is 4.09. The van der Waals surface area contributed by atoms with Gasteiger partial charge in [0.2, 0.25) is 0 Å². The van der Waals surface area contributed by atoms with E-state index in [9.17, 15) is 0 Å². The minimum atomic E-state index is 0.349. The van der Waals surface area contributed by atoms with Crippen molar-refractivity contribution < 1.29 is 0 Å². The van der Waals surface area contributed by atoms with Crippen molar-refractivity contribution in [3.8, 4) is 0 Å². The fraction of sp³-hybridized carbons (Fsp3) is 0.789. The summed E-state index contributed by atoms with van der Waals surface area (Å²) in [5.74, 6) is 2.06. The lowest BCUT2D eigenvalue weighted by molar-refractivity contribution is 0.364. The molecule has 1 rings (SSSR count). The van der Waals surface area contributed by atoms with E-state index < -0.39 is 0 Å². The Morgan fingerprint density at radius 2 is 1.73 bits per heavy atom. The fourth-order valence-electron chi connectivity index (χ4n) is 2.78. The van der Waals surface area contributed by atoms with E-state index >= 15 is 0 Å². The Kier molecular flexibility index (Phi) is 7.84. The number of nitrogens with zero attached hydrogens (tertiary/aromatic N) is 3. The molecule has 3 heteroatoms. The first-order valence-corrected chi connectivity index (χ1v) is 8.99. The summed E-state index contributed by atoms with van der Waals surface area (Å²) in [5.41, 5.74) is 0.349. The van der Waals surface area contributed by atoms with Crippen LogP contribution in [0, 0.1) is 5.41 Å². The summed E-state index contributed by atoms with van der Waals surface area (Å²) in [5, 5.41) is 0. The summed E-state index contributed by atoms with van der Waals surface area (Å²) in [7, 11) is 0. The molecule has 3 nitrogen and oxygen atoms in total. The van der Waals surface area contributed by atoms with Gasteiger partial charge < -0.3 is 4.90 Å². The topological polar surface area (TPSA) is 29.0 Å². The van der Waals surface area contributed by atoms with Crippen molar-refractivity contribution in [1.82, 2.24) is 9.97 Å². The average Bonchev–Trinajstić information content (AvgIpc) is 2.47. The molecular formula is C19H35N3. The van der Waals surface area contributed by atoms with E-state index in [0.29, 0.717) is 11.5 Å². The van der Waals surface area contributed by atoms with Gasteiger partial charge in [0.25, 0.3) is 0 Å². The number of rotatable bonds is 9. The minimum Gasteiger partial charge on any atom is -0.354 e. The molecule has 0 unspecified atom stereocenters. The Morgan fingerprint density at radius 3 is 2.23 bits per heavy atom. The van der Waals surface area contributed by atoms with Crippen molar-refractivity contribution in [2.24, 2.45) is 5.41 Å². The van der Waals surface area contributed by atoms with Crippen LogP contribution >= 0.6 is 0 Å². The van der Waals surface area contributed by atoms with Gasteiger partial charge in [0.15, 0.2) is 0 Å². The van der Waals surface area contributed by atoms with E-state index in [-0.39, 0.29) is 0 Å². The zero-order valence-corrected chi connectivity index (χ0v) is 15.5. The van der Waals surface area contributed by atoms with Gasteiger partial charge in [-0.25, -0.2) is 9.97 Å². The Bertz CT molecular complexity index is 417. The Morgan fingerprint density at radius 1 is 1.09 bits per heavy atom. The summed E-state index contributed by atoms with van der Waals surface area (Å²) < 4.78 is 0. The molecule has 22 heavy (non-hydrogen) atoms. The van der Waals surface area contributed by atoms with Crippen molar-refractivity contribution >= 4 is 5.82 Å². The Labute approximate surface area is 137 Å². The lowest BCUT2D eigenvalue weighted by Crippen LogP contribution is -2.38. The van der Waals surface area contributed by atoms with Crippen LogP contribution < -0.4 is 4.90 Å². The standard InChI is InChI=1S/C19H35N3/c1-7-10-16(11-8-2)22(15-13-19(4,5)6)18-12-14-20-17(9-3)21-18/h12,14,16H,7-11,13,15H2,1-6H3. The molecule has 0 aromatic carbocycles. The van der Waals surface area contributed by atoms with Crippen molar-refractivity contribution in [2.75, 3.05) is 11.4 Å². The molecule has 0 aliphatic carbocycles. The summed E-state index contributed by atoms with van der Waals surface area (Å²) in [6, 6.07) is 2.68. The second-order valence-electron chi connectivity index (χ2n) is 7.42. The second-order valence-corrected chi connectivity index (χ2v) is 7.42. The molecule has 126 valence electrons. The summed E-state index contributed by atoms with van der Waals surface area (Å²) in [4.78, 5) is 11.7. The van der Waals surface area contributed by atoms with E-state index in [4.69, 9.17) is 4.98 Å². The number of anilines is 1.